The zero-order chi connectivity index (χ0) is 10.6. The van der Waals surface area contributed by atoms with Gasteiger partial charge in [0.05, 0.1) is 18.8 Å². The van der Waals surface area contributed by atoms with Crippen LogP contribution in [0.2, 0.25) is 0 Å². The second kappa shape index (κ2) is 5.41. The summed E-state index contributed by atoms with van der Waals surface area (Å²) < 4.78 is 0. The summed E-state index contributed by atoms with van der Waals surface area (Å²) in [5, 5.41) is 21.9. The Morgan fingerprint density at radius 2 is 2.36 bits per heavy atom. The maximum atomic E-state index is 9.13. The van der Waals surface area contributed by atoms with Crippen molar-refractivity contribution in [3.8, 4) is 0 Å². The van der Waals surface area contributed by atoms with Gasteiger partial charge in [0.25, 0.3) is 0 Å². The highest BCUT2D eigenvalue weighted by atomic mass is 32.1. The Morgan fingerprint density at radius 3 is 2.86 bits per heavy atom. The third-order valence-corrected chi connectivity index (χ3v) is 2.98. The molecule has 0 amide bonds. The van der Waals surface area contributed by atoms with Crippen LogP contribution in [0.4, 0.5) is 0 Å². The third kappa shape index (κ3) is 3.34. The van der Waals surface area contributed by atoms with E-state index in [1.807, 2.05) is 20.0 Å². The maximum Gasteiger partial charge on any atom is 0.109 e. The Labute approximate surface area is 87.6 Å². The van der Waals surface area contributed by atoms with Gasteiger partial charge in [-0.15, -0.1) is 11.3 Å². The lowest BCUT2D eigenvalue weighted by Crippen LogP contribution is -2.31. The summed E-state index contributed by atoms with van der Waals surface area (Å²) in [5.41, 5.74) is 0. The first kappa shape index (κ1) is 11.6. The lowest BCUT2D eigenvalue weighted by Gasteiger charge is -2.13. The monoisotopic (exact) mass is 216 g/mol. The molecule has 4 nitrogen and oxygen atoms in total. The van der Waals surface area contributed by atoms with E-state index in [0.29, 0.717) is 6.54 Å². The molecule has 80 valence electrons. The summed E-state index contributed by atoms with van der Waals surface area (Å²) in [6.07, 6.45) is 1.14. The standard InChI is InChI=1S/C9H16N2O2S/c1-6-3-11-9(14-6)7(2)10-4-8(13)5-12/h3,7-8,10,12-13H,4-5H2,1-2H3. The number of rotatable bonds is 5. The van der Waals surface area contributed by atoms with Gasteiger partial charge in [-0.2, -0.15) is 0 Å². The average molecular weight is 216 g/mol. The van der Waals surface area contributed by atoms with E-state index in [0.717, 1.165) is 5.01 Å². The number of aromatic nitrogens is 1. The van der Waals surface area contributed by atoms with Crippen LogP contribution >= 0.6 is 11.3 Å². The van der Waals surface area contributed by atoms with Gasteiger partial charge >= 0.3 is 0 Å². The van der Waals surface area contributed by atoms with E-state index in [1.54, 1.807) is 11.3 Å². The molecule has 5 heteroatoms. The van der Waals surface area contributed by atoms with Crippen LogP contribution in [0.25, 0.3) is 0 Å². The Bertz CT molecular complexity index is 278. The fraction of sp³-hybridized carbons (Fsp3) is 0.667. The quantitative estimate of drug-likeness (QED) is 0.669. The Kier molecular flexibility index (Phi) is 4.47. The van der Waals surface area contributed by atoms with Crippen molar-refractivity contribution >= 4 is 11.3 Å². The van der Waals surface area contributed by atoms with E-state index in [9.17, 15) is 0 Å². The van der Waals surface area contributed by atoms with Gasteiger partial charge in [0.15, 0.2) is 0 Å². The minimum Gasteiger partial charge on any atom is -0.394 e. The summed E-state index contributed by atoms with van der Waals surface area (Å²) in [7, 11) is 0. The summed E-state index contributed by atoms with van der Waals surface area (Å²) in [6.45, 7) is 4.17. The Morgan fingerprint density at radius 1 is 1.64 bits per heavy atom. The van der Waals surface area contributed by atoms with Gasteiger partial charge in [-0.1, -0.05) is 0 Å². The van der Waals surface area contributed by atoms with Crippen LogP contribution in [0.5, 0.6) is 0 Å². The van der Waals surface area contributed by atoms with E-state index in [1.165, 1.54) is 4.88 Å². The van der Waals surface area contributed by atoms with Crippen molar-refractivity contribution in [2.45, 2.75) is 26.0 Å². The van der Waals surface area contributed by atoms with Gasteiger partial charge in [-0.25, -0.2) is 4.98 Å². The molecule has 0 aliphatic heterocycles. The molecule has 0 aliphatic rings. The third-order valence-electron chi connectivity index (χ3n) is 1.88. The van der Waals surface area contributed by atoms with E-state index >= 15 is 0 Å². The van der Waals surface area contributed by atoms with E-state index in [4.69, 9.17) is 10.2 Å². The van der Waals surface area contributed by atoms with E-state index in [2.05, 4.69) is 10.3 Å². The van der Waals surface area contributed by atoms with Gasteiger partial charge in [0.1, 0.15) is 5.01 Å². The van der Waals surface area contributed by atoms with Crippen molar-refractivity contribution in [3.63, 3.8) is 0 Å². The predicted octanol–water partition coefficient (Wildman–Crippen LogP) is 0.455. The van der Waals surface area contributed by atoms with Crippen LogP contribution in [-0.4, -0.2) is 34.5 Å². The fourth-order valence-corrected chi connectivity index (χ4v) is 1.84. The SMILES string of the molecule is Cc1cnc(C(C)NCC(O)CO)s1. The second-order valence-electron chi connectivity index (χ2n) is 3.28. The number of hydrogen-bond donors (Lipinski definition) is 3. The van der Waals surface area contributed by atoms with E-state index < -0.39 is 6.10 Å². The number of hydrogen-bond acceptors (Lipinski definition) is 5. The number of aryl methyl sites for hydroxylation is 1. The van der Waals surface area contributed by atoms with Gasteiger partial charge in [-0.3, -0.25) is 0 Å². The molecule has 0 fully saturated rings. The fourth-order valence-electron chi connectivity index (χ4n) is 1.04. The molecule has 0 spiro atoms. The van der Waals surface area contributed by atoms with Crippen LogP contribution < -0.4 is 5.32 Å². The topological polar surface area (TPSA) is 65.4 Å². The van der Waals surface area contributed by atoms with Gasteiger partial charge in [0.2, 0.25) is 0 Å². The summed E-state index contributed by atoms with van der Waals surface area (Å²) in [5.74, 6) is 0. The molecule has 2 atom stereocenters. The van der Waals surface area contributed by atoms with Crippen molar-refractivity contribution in [2.24, 2.45) is 0 Å². The number of aliphatic hydroxyl groups excluding tert-OH is 2. The van der Waals surface area contributed by atoms with Gasteiger partial charge in [0, 0.05) is 17.6 Å². The van der Waals surface area contributed by atoms with Crippen LogP contribution in [0.15, 0.2) is 6.20 Å². The largest absolute Gasteiger partial charge is 0.394 e. The minimum absolute atomic E-state index is 0.120. The van der Waals surface area contributed by atoms with Crippen LogP contribution in [0, 0.1) is 6.92 Å². The van der Waals surface area contributed by atoms with Crippen molar-refractivity contribution < 1.29 is 10.2 Å². The first-order chi connectivity index (χ1) is 6.63. The van der Waals surface area contributed by atoms with Crippen molar-refractivity contribution in [1.82, 2.24) is 10.3 Å². The number of nitrogens with one attached hydrogen (secondary N) is 1. The minimum atomic E-state index is -0.696. The lowest BCUT2D eigenvalue weighted by atomic mass is 10.3. The molecule has 0 radical (unpaired) electrons. The van der Waals surface area contributed by atoms with Gasteiger partial charge < -0.3 is 15.5 Å². The number of aliphatic hydroxyl groups is 2. The first-order valence-corrected chi connectivity index (χ1v) is 5.39. The van der Waals surface area contributed by atoms with E-state index in [-0.39, 0.29) is 12.6 Å². The van der Waals surface area contributed by atoms with Crippen LogP contribution in [0.1, 0.15) is 22.9 Å². The molecule has 14 heavy (non-hydrogen) atoms. The molecular formula is C9H16N2O2S. The molecule has 1 rings (SSSR count). The maximum absolute atomic E-state index is 9.13. The highest BCUT2D eigenvalue weighted by Crippen LogP contribution is 2.18. The second-order valence-corrected chi connectivity index (χ2v) is 4.54. The van der Waals surface area contributed by atoms with Crippen LogP contribution in [-0.2, 0) is 0 Å². The zero-order valence-corrected chi connectivity index (χ0v) is 9.21. The highest BCUT2D eigenvalue weighted by Gasteiger charge is 2.10. The smallest absolute Gasteiger partial charge is 0.109 e. The zero-order valence-electron chi connectivity index (χ0n) is 8.40. The summed E-state index contributed by atoms with van der Waals surface area (Å²) in [4.78, 5) is 5.41. The Hall–Kier alpha value is -0.490. The summed E-state index contributed by atoms with van der Waals surface area (Å²) in [6, 6.07) is 0.120. The predicted molar refractivity (Wildman–Crippen MR) is 56.4 cm³/mol. The summed E-state index contributed by atoms with van der Waals surface area (Å²) >= 11 is 1.64. The number of nitrogens with zero attached hydrogens (tertiary/aromatic N) is 1. The molecule has 0 bridgehead atoms. The molecular weight excluding hydrogens is 200 g/mol. The molecule has 0 saturated carbocycles. The van der Waals surface area contributed by atoms with Crippen molar-refractivity contribution in [3.05, 3.63) is 16.1 Å². The molecule has 1 aromatic rings. The normalized spacial score (nSPS) is 15.4. The van der Waals surface area contributed by atoms with Crippen molar-refractivity contribution in [1.29, 1.82) is 0 Å². The average Bonchev–Trinajstić information content (AvgIpc) is 2.60. The molecule has 2 unspecified atom stereocenters. The molecule has 1 aromatic heterocycles. The highest BCUT2D eigenvalue weighted by molar-refractivity contribution is 7.11. The number of thiazole rings is 1. The lowest BCUT2D eigenvalue weighted by molar-refractivity contribution is 0.0924. The Balaban J connectivity index is 2.39. The molecule has 1 heterocycles. The molecule has 0 aromatic carbocycles. The molecule has 0 saturated heterocycles. The van der Waals surface area contributed by atoms with Crippen LogP contribution in [0.3, 0.4) is 0 Å². The van der Waals surface area contributed by atoms with Crippen molar-refractivity contribution in [2.75, 3.05) is 13.2 Å². The molecule has 3 N–H and O–H groups in total. The van der Waals surface area contributed by atoms with Gasteiger partial charge in [-0.05, 0) is 13.8 Å². The molecule has 0 aliphatic carbocycles. The first-order valence-electron chi connectivity index (χ1n) is 4.58.